The molecule has 0 spiro atoms. The summed E-state index contributed by atoms with van der Waals surface area (Å²) >= 11 is 0. The number of hydrogen-bond donors (Lipinski definition) is 0. The van der Waals surface area contributed by atoms with E-state index < -0.39 is 10.0 Å². The van der Waals surface area contributed by atoms with E-state index >= 15 is 0 Å². The first-order valence-electron chi connectivity index (χ1n) is 9.02. The molecule has 0 amide bonds. The third kappa shape index (κ3) is 3.16. The molecule has 5 nitrogen and oxygen atoms in total. The standard InChI is InChI=1S/C22H20N2O3S/c1-23-14-7-10-18(23)16-20-22(25)19-11-5-6-12-21(19)28(26,27)24(20)15-13-17-8-3-2-4-9-17/h2-12,14,16H,13,15H2,1H3. The van der Waals surface area contributed by atoms with E-state index in [0.29, 0.717) is 6.42 Å². The molecule has 0 N–H and O–H groups in total. The number of sulfonamides is 1. The molecule has 0 radical (unpaired) electrons. The Bertz CT molecular complexity index is 1160. The fourth-order valence-corrected chi connectivity index (χ4v) is 5.05. The van der Waals surface area contributed by atoms with Crippen molar-refractivity contribution in [3.05, 3.63) is 95.4 Å². The lowest BCUT2D eigenvalue weighted by atomic mass is 10.1. The second-order valence-electron chi connectivity index (χ2n) is 6.71. The molecule has 6 heteroatoms. The minimum atomic E-state index is -3.82. The Kier molecular flexibility index (Phi) is 4.65. The van der Waals surface area contributed by atoms with E-state index in [-0.39, 0.29) is 28.5 Å². The fraction of sp³-hybridized carbons (Fsp3) is 0.136. The molecule has 2 heterocycles. The van der Waals surface area contributed by atoms with Gasteiger partial charge in [0.2, 0.25) is 5.78 Å². The van der Waals surface area contributed by atoms with Crippen LogP contribution in [0.15, 0.2) is 83.5 Å². The quantitative estimate of drug-likeness (QED) is 0.639. The highest BCUT2D eigenvalue weighted by molar-refractivity contribution is 7.89. The first kappa shape index (κ1) is 18.3. The van der Waals surface area contributed by atoms with Gasteiger partial charge in [0.05, 0.1) is 4.90 Å². The number of Topliss-reactive ketones (excluding diaryl/α,β-unsaturated/α-hetero) is 1. The van der Waals surface area contributed by atoms with Crippen LogP contribution in [-0.2, 0) is 23.5 Å². The van der Waals surface area contributed by atoms with Gasteiger partial charge >= 0.3 is 0 Å². The number of hydrogen-bond acceptors (Lipinski definition) is 3. The van der Waals surface area contributed by atoms with Crippen LogP contribution >= 0.6 is 0 Å². The Morgan fingerprint density at radius 2 is 1.64 bits per heavy atom. The number of ketones is 1. The van der Waals surface area contributed by atoms with Crippen molar-refractivity contribution in [1.82, 2.24) is 8.87 Å². The monoisotopic (exact) mass is 392 g/mol. The number of carbonyl (C=O) groups excluding carboxylic acids is 1. The number of nitrogens with zero attached hydrogens (tertiary/aromatic N) is 2. The van der Waals surface area contributed by atoms with Gasteiger partial charge in [-0.25, -0.2) is 8.42 Å². The number of carbonyl (C=O) groups is 1. The van der Waals surface area contributed by atoms with Crippen LogP contribution in [0.3, 0.4) is 0 Å². The van der Waals surface area contributed by atoms with Crippen molar-refractivity contribution in [2.45, 2.75) is 11.3 Å². The Morgan fingerprint density at radius 3 is 2.36 bits per heavy atom. The number of benzene rings is 2. The average Bonchev–Trinajstić information content (AvgIpc) is 3.11. The van der Waals surface area contributed by atoms with Crippen molar-refractivity contribution in [2.24, 2.45) is 7.05 Å². The van der Waals surface area contributed by atoms with Crippen molar-refractivity contribution in [1.29, 1.82) is 0 Å². The summed E-state index contributed by atoms with van der Waals surface area (Å²) in [6.07, 6.45) is 4.03. The van der Waals surface area contributed by atoms with Crippen LogP contribution in [0.25, 0.3) is 6.08 Å². The van der Waals surface area contributed by atoms with Gasteiger partial charge in [0.15, 0.2) is 0 Å². The third-order valence-electron chi connectivity index (χ3n) is 4.92. The number of allylic oxidation sites excluding steroid dienone is 1. The van der Waals surface area contributed by atoms with E-state index in [2.05, 4.69) is 0 Å². The van der Waals surface area contributed by atoms with Crippen LogP contribution in [0, 0.1) is 0 Å². The molecule has 0 atom stereocenters. The van der Waals surface area contributed by atoms with E-state index in [9.17, 15) is 13.2 Å². The van der Waals surface area contributed by atoms with E-state index in [1.807, 2.05) is 60.3 Å². The van der Waals surface area contributed by atoms with Crippen LogP contribution in [0.1, 0.15) is 21.6 Å². The molecular weight excluding hydrogens is 372 g/mol. The summed E-state index contributed by atoms with van der Waals surface area (Å²) in [4.78, 5) is 13.2. The van der Waals surface area contributed by atoms with Gasteiger partial charge in [-0.05, 0) is 42.3 Å². The molecule has 1 aromatic heterocycles. The normalized spacial score (nSPS) is 17.0. The SMILES string of the molecule is Cn1cccc1C=C1C(=O)c2ccccc2S(=O)(=O)N1CCc1ccccc1. The second-order valence-corrected chi connectivity index (χ2v) is 8.54. The van der Waals surface area contributed by atoms with Crippen molar-refractivity contribution in [3.63, 3.8) is 0 Å². The van der Waals surface area contributed by atoms with E-state index in [0.717, 1.165) is 11.3 Å². The summed E-state index contributed by atoms with van der Waals surface area (Å²) in [5.74, 6) is -0.278. The molecule has 0 bridgehead atoms. The summed E-state index contributed by atoms with van der Waals surface area (Å²) in [7, 11) is -1.96. The van der Waals surface area contributed by atoms with Crippen LogP contribution in [0.2, 0.25) is 0 Å². The van der Waals surface area contributed by atoms with Gasteiger partial charge in [-0.3, -0.25) is 9.10 Å². The number of fused-ring (bicyclic) bond motifs is 1. The Morgan fingerprint density at radius 1 is 0.929 bits per heavy atom. The summed E-state index contributed by atoms with van der Waals surface area (Å²) in [5, 5.41) is 0. The highest BCUT2D eigenvalue weighted by Gasteiger charge is 2.39. The zero-order valence-electron chi connectivity index (χ0n) is 15.4. The van der Waals surface area contributed by atoms with E-state index in [4.69, 9.17) is 0 Å². The lowest BCUT2D eigenvalue weighted by Gasteiger charge is -2.31. The van der Waals surface area contributed by atoms with E-state index in [1.165, 1.54) is 10.4 Å². The molecule has 142 valence electrons. The first-order valence-corrected chi connectivity index (χ1v) is 10.5. The molecule has 0 saturated carbocycles. The second kappa shape index (κ2) is 7.13. The summed E-state index contributed by atoms with van der Waals surface area (Å²) in [6.45, 7) is 0.197. The maximum Gasteiger partial charge on any atom is 0.265 e. The Hall–Kier alpha value is -3.12. The average molecular weight is 392 g/mol. The first-order chi connectivity index (χ1) is 13.5. The Labute approximate surface area is 164 Å². The Balaban J connectivity index is 1.82. The van der Waals surface area contributed by atoms with Gasteiger partial charge in [0.25, 0.3) is 10.0 Å². The largest absolute Gasteiger partial charge is 0.351 e. The fourth-order valence-electron chi connectivity index (χ4n) is 3.40. The number of aromatic nitrogens is 1. The van der Waals surface area contributed by atoms with Gasteiger partial charge in [-0.15, -0.1) is 0 Å². The van der Waals surface area contributed by atoms with Crippen molar-refractivity contribution in [2.75, 3.05) is 6.54 Å². The maximum absolute atomic E-state index is 13.3. The molecule has 28 heavy (non-hydrogen) atoms. The van der Waals surface area contributed by atoms with Gasteiger partial charge in [0.1, 0.15) is 5.70 Å². The van der Waals surface area contributed by atoms with Gasteiger partial charge < -0.3 is 4.57 Å². The van der Waals surface area contributed by atoms with Crippen LogP contribution in [-0.4, -0.2) is 29.6 Å². The molecule has 3 aromatic rings. The van der Waals surface area contributed by atoms with Crippen molar-refractivity contribution < 1.29 is 13.2 Å². The van der Waals surface area contributed by atoms with Gasteiger partial charge in [0, 0.05) is 31.0 Å². The highest BCUT2D eigenvalue weighted by atomic mass is 32.2. The summed E-state index contributed by atoms with van der Waals surface area (Å²) in [6, 6.07) is 19.8. The minimum Gasteiger partial charge on any atom is -0.351 e. The lowest BCUT2D eigenvalue weighted by molar-refractivity contribution is 0.100. The topological polar surface area (TPSA) is 59.4 Å². The summed E-state index contributed by atoms with van der Waals surface area (Å²) in [5.41, 5.74) is 2.18. The van der Waals surface area contributed by atoms with Crippen LogP contribution in [0.5, 0.6) is 0 Å². The van der Waals surface area contributed by atoms with Crippen LogP contribution in [0.4, 0.5) is 0 Å². The molecule has 0 saturated heterocycles. The lowest BCUT2D eigenvalue weighted by Crippen LogP contribution is -2.40. The molecule has 1 aliphatic rings. The molecule has 1 aliphatic heterocycles. The number of rotatable bonds is 4. The zero-order chi connectivity index (χ0) is 19.7. The summed E-state index contributed by atoms with van der Waals surface area (Å²) < 4.78 is 29.7. The van der Waals surface area contributed by atoms with Gasteiger partial charge in [-0.1, -0.05) is 42.5 Å². The maximum atomic E-state index is 13.3. The minimum absolute atomic E-state index is 0.0668. The smallest absolute Gasteiger partial charge is 0.265 e. The molecule has 2 aromatic carbocycles. The van der Waals surface area contributed by atoms with E-state index in [1.54, 1.807) is 24.3 Å². The molecule has 4 rings (SSSR count). The highest BCUT2D eigenvalue weighted by Crippen LogP contribution is 2.33. The predicted octanol–water partition coefficient (Wildman–Crippen LogP) is 3.50. The van der Waals surface area contributed by atoms with Gasteiger partial charge in [-0.2, -0.15) is 0 Å². The third-order valence-corrected chi connectivity index (χ3v) is 6.79. The molecule has 0 aliphatic carbocycles. The van der Waals surface area contributed by atoms with Crippen LogP contribution < -0.4 is 0 Å². The predicted molar refractivity (Wildman–Crippen MR) is 108 cm³/mol. The zero-order valence-corrected chi connectivity index (χ0v) is 16.3. The molecule has 0 unspecified atom stereocenters. The van der Waals surface area contributed by atoms with Crippen molar-refractivity contribution in [3.8, 4) is 0 Å². The molecule has 0 fully saturated rings. The number of aryl methyl sites for hydroxylation is 1. The van der Waals surface area contributed by atoms with Crippen molar-refractivity contribution >= 4 is 21.9 Å². The molecular formula is C22H20N2O3S.